The largest absolute Gasteiger partial charge is 0.361 e. The number of hydrogen-bond acceptors (Lipinski definition) is 5. The van der Waals surface area contributed by atoms with Crippen molar-refractivity contribution in [3.05, 3.63) is 65.6 Å². The zero-order valence-electron chi connectivity index (χ0n) is 13.6. The van der Waals surface area contributed by atoms with Crippen LogP contribution in [0.5, 0.6) is 0 Å². The van der Waals surface area contributed by atoms with Gasteiger partial charge in [0.15, 0.2) is 0 Å². The molecule has 2 aromatic heterocycles. The van der Waals surface area contributed by atoms with Crippen LogP contribution in [0, 0.1) is 13.8 Å². The Labute approximate surface area is 139 Å². The van der Waals surface area contributed by atoms with Gasteiger partial charge in [0.25, 0.3) is 5.91 Å². The van der Waals surface area contributed by atoms with E-state index < -0.39 is 0 Å². The van der Waals surface area contributed by atoms with Crippen molar-refractivity contribution < 1.29 is 9.32 Å². The number of aromatic nitrogens is 4. The van der Waals surface area contributed by atoms with E-state index in [2.05, 4.69) is 20.6 Å². The van der Waals surface area contributed by atoms with E-state index in [1.165, 1.54) is 6.33 Å². The van der Waals surface area contributed by atoms with E-state index in [1.807, 2.05) is 30.3 Å². The standard InChI is InChI=1S/C17H19N5O2/c1-12-16(13(2)24-21-12)17(23)20-15(14-6-4-3-5-7-14)8-9-22-11-18-10-19-22/h3-7,10-11,15H,8-9H2,1-2H3,(H,20,23)/t15-/m0/s1. The number of amides is 1. The predicted octanol–water partition coefficient (Wildman–Crippen LogP) is 2.44. The van der Waals surface area contributed by atoms with Gasteiger partial charge in [0.05, 0.1) is 11.7 Å². The maximum Gasteiger partial charge on any atom is 0.257 e. The number of nitrogens with zero attached hydrogens (tertiary/aromatic N) is 4. The summed E-state index contributed by atoms with van der Waals surface area (Å²) in [6.45, 7) is 4.15. The summed E-state index contributed by atoms with van der Waals surface area (Å²) in [5, 5.41) is 11.0. The molecule has 1 amide bonds. The Morgan fingerprint density at radius 1 is 1.29 bits per heavy atom. The molecule has 0 aliphatic heterocycles. The molecule has 1 N–H and O–H groups in total. The second-order valence-corrected chi connectivity index (χ2v) is 5.58. The van der Waals surface area contributed by atoms with Gasteiger partial charge in [-0.25, -0.2) is 4.98 Å². The van der Waals surface area contributed by atoms with Gasteiger partial charge < -0.3 is 9.84 Å². The molecule has 0 spiro atoms. The summed E-state index contributed by atoms with van der Waals surface area (Å²) >= 11 is 0. The Kier molecular flexibility index (Phi) is 4.69. The number of hydrogen-bond donors (Lipinski definition) is 1. The van der Waals surface area contributed by atoms with Gasteiger partial charge >= 0.3 is 0 Å². The van der Waals surface area contributed by atoms with Gasteiger partial charge in [-0.15, -0.1) is 0 Å². The zero-order valence-corrected chi connectivity index (χ0v) is 13.6. The number of rotatable bonds is 6. The minimum atomic E-state index is -0.182. The molecular weight excluding hydrogens is 306 g/mol. The van der Waals surface area contributed by atoms with Gasteiger partial charge in [-0.05, 0) is 25.8 Å². The molecule has 3 rings (SSSR count). The molecule has 124 valence electrons. The molecule has 0 saturated carbocycles. The molecule has 24 heavy (non-hydrogen) atoms. The normalized spacial score (nSPS) is 12.1. The van der Waals surface area contributed by atoms with Crippen LogP contribution in [-0.4, -0.2) is 25.8 Å². The molecule has 0 bridgehead atoms. The van der Waals surface area contributed by atoms with Crippen molar-refractivity contribution in [3.8, 4) is 0 Å². The van der Waals surface area contributed by atoms with E-state index in [0.29, 0.717) is 30.0 Å². The Hall–Kier alpha value is -2.96. The lowest BCUT2D eigenvalue weighted by molar-refractivity contribution is 0.0931. The third-order valence-electron chi connectivity index (χ3n) is 3.88. The van der Waals surface area contributed by atoms with Crippen LogP contribution >= 0.6 is 0 Å². The fourth-order valence-electron chi connectivity index (χ4n) is 2.65. The van der Waals surface area contributed by atoms with Crippen molar-refractivity contribution in [2.45, 2.75) is 32.9 Å². The first-order chi connectivity index (χ1) is 11.6. The molecule has 0 fully saturated rings. The summed E-state index contributed by atoms with van der Waals surface area (Å²) in [6, 6.07) is 9.73. The van der Waals surface area contributed by atoms with Crippen molar-refractivity contribution in [1.29, 1.82) is 0 Å². The monoisotopic (exact) mass is 325 g/mol. The Morgan fingerprint density at radius 3 is 2.71 bits per heavy atom. The van der Waals surface area contributed by atoms with Crippen LogP contribution in [-0.2, 0) is 6.54 Å². The predicted molar refractivity (Wildman–Crippen MR) is 87.3 cm³/mol. The summed E-state index contributed by atoms with van der Waals surface area (Å²) in [5.41, 5.74) is 2.13. The molecule has 1 aromatic carbocycles. The van der Waals surface area contributed by atoms with Crippen molar-refractivity contribution in [2.75, 3.05) is 0 Å². The van der Waals surface area contributed by atoms with Gasteiger partial charge in [0.2, 0.25) is 0 Å². The minimum absolute atomic E-state index is 0.142. The first kappa shape index (κ1) is 15.9. The van der Waals surface area contributed by atoms with Gasteiger partial charge in [-0.3, -0.25) is 9.48 Å². The average Bonchev–Trinajstić information content (AvgIpc) is 3.22. The lowest BCUT2D eigenvalue weighted by Crippen LogP contribution is -2.30. The van der Waals surface area contributed by atoms with Crippen molar-refractivity contribution in [3.63, 3.8) is 0 Å². The fraction of sp³-hybridized carbons (Fsp3) is 0.294. The van der Waals surface area contributed by atoms with Crippen molar-refractivity contribution in [2.24, 2.45) is 0 Å². The third kappa shape index (κ3) is 3.51. The second kappa shape index (κ2) is 7.08. The summed E-state index contributed by atoms with van der Waals surface area (Å²) in [5.74, 6) is 0.340. The Bertz CT molecular complexity index is 776. The van der Waals surface area contributed by atoms with Crippen LogP contribution in [0.4, 0.5) is 0 Å². The summed E-state index contributed by atoms with van der Waals surface area (Å²) < 4.78 is 6.84. The van der Waals surface area contributed by atoms with Gasteiger partial charge in [0.1, 0.15) is 24.0 Å². The van der Waals surface area contributed by atoms with Gasteiger partial charge in [0, 0.05) is 6.54 Å². The number of benzene rings is 1. The van der Waals surface area contributed by atoms with E-state index in [-0.39, 0.29) is 11.9 Å². The van der Waals surface area contributed by atoms with E-state index in [4.69, 9.17) is 4.52 Å². The highest BCUT2D eigenvalue weighted by molar-refractivity contribution is 5.96. The first-order valence-corrected chi connectivity index (χ1v) is 7.76. The van der Waals surface area contributed by atoms with Crippen LogP contribution in [0.2, 0.25) is 0 Å². The maximum atomic E-state index is 12.6. The summed E-state index contributed by atoms with van der Waals surface area (Å²) in [4.78, 5) is 16.6. The molecule has 7 nitrogen and oxygen atoms in total. The molecule has 0 aliphatic carbocycles. The molecule has 1 atom stereocenters. The quantitative estimate of drug-likeness (QED) is 0.752. The van der Waals surface area contributed by atoms with Crippen LogP contribution in [0.25, 0.3) is 0 Å². The second-order valence-electron chi connectivity index (χ2n) is 5.58. The van der Waals surface area contributed by atoms with Crippen LogP contribution < -0.4 is 5.32 Å². The minimum Gasteiger partial charge on any atom is -0.361 e. The lowest BCUT2D eigenvalue weighted by Gasteiger charge is -2.19. The van der Waals surface area contributed by atoms with E-state index >= 15 is 0 Å². The fourth-order valence-corrected chi connectivity index (χ4v) is 2.65. The van der Waals surface area contributed by atoms with Gasteiger partial charge in [-0.1, -0.05) is 35.5 Å². The smallest absolute Gasteiger partial charge is 0.257 e. The Morgan fingerprint density at radius 2 is 2.08 bits per heavy atom. The molecule has 0 aliphatic rings. The SMILES string of the molecule is Cc1noc(C)c1C(=O)N[C@@H](CCn1cncn1)c1ccccc1. The number of nitrogens with one attached hydrogen (secondary N) is 1. The highest BCUT2D eigenvalue weighted by Gasteiger charge is 2.21. The van der Waals surface area contributed by atoms with E-state index in [9.17, 15) is 4.79 Å². The third-order valence-corrected chi connectivity index (χ3v) is 3.88. The first-order valence-electron chi connectivity index (χ1n) is 7.76. The van der Waals surface area contributed by atoms with Crippen LogP contribution in [0.15, 0.2) is 47.5 Å². The average molecular weight is 325 g/mol. The number of aryl methyl sites for hydroxylation is 3. The topological polar surface area (TPSA) is 85.8 Å². The van der Waals surface area contributed by atoms with E-state index in [1.54, 1.807) is 24.9 Å². The van der Waals surface area contributed by atoms with Crippen LogP contribution in [0.3, 0.4) is 0 Å². The zero-order chi connectivity index (χ0) is 16.9. The highest BCUT2D eigenvalue weighted by atomic mass is 16.5. The molecule has 7 heteroatoms. The Balaban J connectivity index is 1.78. The number of carbonyl (C=O) groups is 1. The summed E-state index contributed by atoms with van der Waals surface area (Å²) in [6.07, 6.45) is 3.86. The van der Waals surface area contributed by atoms with Crippen molar-refractivity contribution >= 4 is 5.91 Å². The molecule has 2 heterocycles. The van der Waals surface area contributed by atoms with E-state index in [0.717, 1.165) is 5.56 Å². The lowest BCUT2D eigenvalue weighted by atomic mass is 10.0. The molecule has 0 radical (unpaired) electrons. The molecule has 0 unspecified atom stereocenters. The highest BCUT2D eigenvalue weighted by Crippen LogP contribution is 2.20. The van der Waals surface area contributed by atoms with Crippen molar-refractivity contribution in [1.82, 2.24) is 25.2 Å². The van der Waals surface area contributed by atoms with Crippen LogP contribution in [0.1, 0.15) is 39.8 Å². The summed E-state index contributed by atoms with van der Waals surface area (Å²) in [7, 11) is 0. The number of carbonyl (C=O) groups excluding carboxylic acids is 1. The molecule has 0 saturated heterocycles. The van der Waals surface area contributed by atoms with Gasteiger partial charge in [-0.2, -0.15) is 5.10 Å². The molecular formula is C17H19N5O2. The molecule has 3 aromatic rings. The maximum absolute atomic E-state index is 12.6.